The molecule has 1 aliphatic rings. The Kier molecular flexibility index (Phi) is 3.84. The molecule has 5 heteroatoms. The molecule has 2 nitrogen and oxygen atoms in total. The molecule has 0 radical (unpaired) electrons. The molecule has 0 N–H and O–H groups in total. The van der Waals surface area contributed by atoms with E-state index in [1.54, 1.807) is 4.90 Å². The van der Waals surface area contributed by atoms with Crippen LogP contribution in [0.2, 0.25) is 0 Å². The van der Waals surface area contributed by atoms with E-state index in [0.717, 1.165) is 13.1 Å². The van der Waals surface area contributed by atoms with Crippen molar-refractivity contribution in [2.75, 3.05) is 38.1 Å². The van der Waals surface area contributed by atoms with Crippen LogP contribution in [0.4, 0.5) is 14.5 Å². The first-order valence-electron chi connectivity index (χ1n) is 5.59. The fraction of sp³-hybridized carbons (Fsp3) is 0.500. The second kappa shape index (κ2) is 5.19. The van der Waals surface area contributed by atoms with E-state index in [1.807, 2.05) is 7.05 Å². The third-order valence-corrected chi connectivity index (χ3v) is 3.36. The molecule has 1 aromatic rings. The van der Waals surface area contributed by atoms with Gasteiger partial charge >= 0.3 is 0 Å². The number of hydrogen-bond donors (Lipinski definition) is 0. The molecule has 1 aliphatic heterocycles. The predicted molar refractivity (Wildman–Crippen MR) is 65.6 cm³/mol. The second-order valence-corrected chi connectivity index (χ2v) is 4.60. The number of alkyl halides is 1. The van der Waals surface area contributed by atoms with Crippen molar-refractivity contribution >= 4 is 17.3 Å². The van der Waals surface area contributed by atoms with Crippen LogP contribution in [0.15, 0.2) is 12.1 Å². The van der Waals surface area contributed by atoms with Gasteiger partial charge in [0, 0.05) is 32.1 Å². The van der Waals surface area contributed by atoms with Crippen LogP contribution in [0.5, 0.6) is 0 Å². The van der Waals surface area contributed by atoms with E-state index in [2.05, 4.69) is 4.90 Å². The third kappa shape index (κ3) is 2.69. The fourth-order valence-corrected chi connectivity index (χ4v) is 2.18. The summed E-state index contributed by atoms with van der Waals surface area (Å²) in [4.78, 5) is 3.89. The molecule has 2 rings (SSSR count). The van der Waals surface area contributed by atoms with Gasteiger partial charge in [-0.1, -0.05) is 0 Å². The standard InChI is InChI=1S/C12H15ClF2N2/c1-16-2-4-17(5-3-16)12-10(14)6-9(8-13)7-11(12)15/h6-7H,2-5,8H2,1H3. The highest BCUT2D eigenvalue weighted by Gasteiger charge is 2.21. The minimum absolute atomic E-state index is 0.0759. The first-order chi connectivity index (χ1) is 8.11. The smallest absolute Gasteiger partial charge is 0.149 e. The summed E-state index contributed by atoms with van der Waals surface area (Å²) in [5.41, 5.74) is 0.548. The minimum atomic E-state index is -0.523. The summed E-state index contributed by atoms with van der Waals surface area (Å²) < 4.78 is 27.7. The normalized spacial score (nSPS) is 17.5. The first-order valence-corrected chi connectivity index (χ1v) is 6.12. The molecular weight excluding hydrogens is 246 g/mol. The van der Waals surface area contributed by atoms with Crippen LogP contribution in [0.1, 0.15) is 5.56 Å². The van der Waals surface area contributed by atoms with Crippen molar-refractivity contribution in [3.63, 3.8) is 0 Å². The van der Waals surface area contributed by atoms with Crippen molar-refractivity contribution in [3.8, 4) is 0 Å². The van der Waals surface area contributed by atoms with E-state index >= 15 is 0 Å². The number of anilines is 1. The molecule has 0 amide bonds. The van der Waals surface area contributed by atoms with E-state index in [0.29, 0.717) is 18.7 Å². The van der Waals surface area contributed by atoms with Crippen molar-refractivity contribution in [1.82, 2.24) is 4.90 Å². The zero-order chi connectivity index (χ0) is 12.4. The lowest BCUT2D eigenvalue weighted by molar-refractivity contribution is 0.310. The Bertz CT molecular complexity index is 380. The minimum Gasteiger partial charge on any atom is -0.364 e. The second-order valence-electron chi connectivity index (χ2n) is 4.33. The molecule has 17 heavy (non-hydrogen) atoms. The Balaban J connectivity index is 2.26. The Morgan fingerprint density at radius 3 is 2.12 bits per heavy atom. The van der Waals surface area contributed by atoms with Crippen LogP contribution in [0, 0.1) is 11.6 Å². The fourth-order valence-electron chi connectivity index (χ4n) is 2.03. The van der Waals surface area contributed by atoms with Crippen LogP contribution in [0.25, 0.3) is 0 Å². The van der Waals surface area contributed by atoms with Gasteiger partial charge in [0.25, 0.3) is 0 Å². The van der Waals surface area contributed by atoms with Gasteiger partial charge in [-0.25, -0.2) is 8.78 Å². The monoisotopic (exact) mass is 260 g/mol. The average Bonchev–Trinajstić information content (AvgIpc) is 2.30. The Labute approximate surface area is 105 Å². The van der Waals surface area contributed by atoms with Gasteiger partial charge in [-0.3, -0.25) is 0 Å². The van der Waals surface area contributed by atoms with E-state index in [4.69, 9.17) is 11.6 Å². The van der Waals surface area contributed by atoms with Gasteiger partial charge in [0.05, 0.1) is 0 Å². The van der Waals surface area contributed by atoms with Gasteiger partial charge in [-0.15, -0.1) is 11.6 Å². The topological polar surface area (TPSA) is 6.48 Å². The summed E-state index contributed by atoms with van der Waals surface area (Å²) in [5.74, 6) is -0.924. The van der Waals surface area contributed by atoms with Gasteiger partial charge in [-0.2, -0.15) is 0 Å². The highest BCUT2D eigenvalue weighted by atomic mass is 35.5. The van der Waals surface area contributed by atoms with Gasteiger partial charge < -0.3 is 9.80 Å². The highest BCUT2D eigenvalue weighted by molar-refractivity contribution is 6.17. The van der Waals surface area contributed by atoms with Crippen molar-refractivity contribution in [3.05, 3.63) is 29.3 Å². The Morgan fingerprint density at radius 1 is 1.12 bits per heavy atom. The number of halogens is 3. The maximum absolute atomic E-state index is 13.8. The Morgan fingerprint density at radius 2 is 1.65 bits per heavy atom. The van der Waals surface area contributed by atoms with Crippen molar-refractivity contribution < 1.29 is 8.78 Å². The number of piperazine rings is 1. The molecule has 0 unspecified atom stereocenters. The molecule has 0 aromatic heterocycles. The highest BCUT2D eigenvalue weighted by Crippen LogP contribution is 2.26. The van der Waals surface area contributed by atoms with E-state index in [1.165, 1.54) is 12.1 Å². The molecule has 0 bridgehead atoms. The van der Waals surface area contributed by atoms with Gasteiger partial charge in [-0.05, 0) is 24.7 Å². The van der Waals surface area contributed by atoms with Crippen molar-refractivity contribution in [2.45, 2.75) is 5.88 Å². The molecule has 0 spiro atoms. The zero-order valence-electron chi connectivity index (χ0n) is 9.72. The number of benzene rings is 1. The first kappa shape index (κ1) is 12.6. The summed E-state index contributed by atoms with van der Waals surface area (Å²) in [6, 6.07) is 2.62. The summed E-state index contributed by atoms with van der Waals surface area (Å²) >= 11 is 5.57. The third-order valence-electron chi connectivity index (χ3n) is 3.05. The molecule has 0 atom stereocenters. The molecule has 1 heterocycles. The molecule has 94 valence electrons. The average molecular weight is 261 g/mol. The Hall–Kier alpha value is -0.870. The molecule has 0 saturated carbocycles. The van der Waals surface area contributed by atoms with Crippen LogP contribution in [0.3, 0.4) is 0 Å². The molecule has 0 aliphatic carbocycles. The number of likely N-dealkylation sites (N-methyl/N-ethyl adjacent to an activating group) is 1. The van der Waals surface area contributed by atoms with Gasteiger partial charge in [0.1, 0.15) is 17.3 Å². The van der Waals surface area contributed by atoms with Crippen LogP contribution >= 0.6 is 11.6 Å². The number of rotatable bonds is 2. The largest absolute Gasteiger partial charge is 0.364 e. The number of nitrogens with zero attached hydrogens (tertiary/aromatic N) is 2. The van der Waals surface area contributed by atoms with E-state index in [-0.39, 0.29) is 11.6 Å². The van der Waals surface area contributed by atoms with Crippen LogP contribution in [-0.2, 0) is 5.88 Å². The maximum atomic E-state index is 13.8. The van der Waals surface area contributed by atoms with Crippen molar-refractivity contribution in [2.24, 2.45) is 0 Å². The number of hydrogen-bond acceptors (Lipinski definition) is 2. The van der Waals surface area contributed by atoms with E-state index < -0.39 is 11.6 Å². The van der Waals surface area contributed by atoms with Crippen LogP contribution in [-0.4, -0.2) is 38.1 Å². The summed E-state index contributed by atoms with van der Waals surface area (Å²) in [6.45, 7) is 2.92. The van der Waals surface area contributed by atoms with E-state index in [9.17, 15) is 8.78 Å². The quantitative estimate of drug-likeness (QED) is 0.754. The van der Waals surface area contributed by atoms with Crippen molar-refractivity contribution in [1.29, 1.82) is 0 Å². The lowest BCUT2D eigenvalue weighted by Gasteiger charge is -2.34. The summed E-state index contributed by atoms with van der Waals surface area (Å²) in [5, 5.41) is 0. The summed E-state index contributed by atoms with van der Waals surface area (Å²) in [6.07, 6.45) is 0. The van der Waals surface area contributed by atoms with Gasteiger partial charge in [0.15, 0.2) is 0 Å². The lowest BCUT2D eigenvalue weighted by atomic mass is 10.1. The SMILES string of the molecule is CN1CCN(c2c(F)cc(CCl)cc2F)CC1. The zero-order valence-corrected chi connectivity index (χ0v) is 10.5. The predicted octanol–water partition coefficient (Wildman–Crippen LogP) is 2.46. The summed E-state index contributed by atoms with van der Waals surface area (Å²) in [7, 11) is 2.00. The molecule has 1 aromatic carbocycles. The maximum Gasteiger partial charge on any atom is 0.149 e. The molecule has 1 saturated heterocycles. The molecular formula is C12H15ClF2N2. The lowest BCUT2D eigenvalue weighted by Crippen LogP contribution is -2.45. The van der Waals surface area contributed by atoms with Gasteiger partial charge in [0.2, 0.25) is 0 Å². The molecule has 1 fully saturated rings. The van der Waals surface area contributed by atoms with Crippen LogP contribution < -0.4 is 4.90 Å².